The number of pyridine rings is 1. The predicted octanol–water partition coefficient (Wildman–Crippen LogP) is 0.333. The van der Waals surface area contributed by atoms with Gasteiger partial charge in [0, 0.05) is 11.9 Å². The van der Waals surface area contributed by atoms with Gasteiger partial charge in [-0.05, 0) is 36.5 Å². The van der Waals surface area contributed by atoms with Crippen molar-refractivity contribution in [2.45, 2.75) is 25.3 Å². The van der Waals surface area contributed by atoms with Gasteiger partial charge >= 0.3 is 13.1 Å². The molecular formula is C19H21BN2O7. The van der Waals surface area contributed by atoms with Crippen molar-refractivity contribution in [1.29, 1.82) is 0 Å². The molecule has 152 valence electrons. The Hall–Kier alpha value is -3.11. The number of carbonyl (C=O) groups is 2. The molecule has 1 saturated heterocycles. The minimum Gasteiger partial charge on any atom is -0.507 e. The molecule has 1 aromatic carbocycles. The van der Waals surface area contributed by atoms with Gasteiger partial charge < -0.3 is 29.9 Å². The summed E-state index contributed by atoms with van der Waals surface area (Å²) in [5, 5.41) is 37.6. The smallest absolute Gasteiger partial charge is 0.451 e. The number of aryl methyl sites for hydroxylation is 1. The number of likely N-dealkylation sites (tertiary alicyclic amines) is 1. The minimum absolute atomic E-state index is 0.00474. The van der Waals surface area contributed by atoms with Crippen LogP contribution in [0.5, 0.6) is 11.5 Å². The molecule has 0 saturated carbocycles. The fourth-order valence-electron chi connectivity index (χ4n) is 3.07. The molecule has 1 fully saturated rings. The van der Waals surface area contributed by atoms with Gasteiger partial charge in [0.15, 0.2) is 0 Å². The SMILES string of the molecule is O=C(O)c1c(OC2CN(C(=O)Cc3ccccn3)C2)ccc(CCB(O)O)c1O. The molecule has 1 aromatic heterocycles. The second kappa shape index (κ2) is 8.93. The number of carboxylic acids is 1. The van der Waals surface area contributed by atoms with Crippen LogP contribution in [-0.4, -0.2) is 68.3 Å². The Morgan fingerprint density at radius 3 is 2.59 bits per heavy atom. The number of hydrogen-bond acceptors (Lipinski definition) is 7. The van der Waals surface area contributed by atoms with Gasteiger partial charge in [-0.2, -0.15) is 0 Å². The Morgan fingerprint density at radius 1 is 1.21 bits per heavy atom. The molecule has 9 nitrogen and oxygen atoms in total. The van der Waals surface area contributed by atoms with E-state index in [4.69, 9.17) is 14.8 Å². The van der Waals surface area contributed by atoms with E-state index in [0.29, 0.717) is 18.8 Å². The van der Waals surface area contributed by atoms with Gasteiger partial charge in [-0.1, -0.05) is 12.1 Å². The van der Waals surface area contributed by atoms with Crippen molar-refractivity contribution >= 4 is 19.0 Å². The zero-order chi connectivity index (χ0) is 21.0. The number of nitrogens with zero attached hydrogens (tertiary/aromatic N) is 2. The first-order valence-electron chi connectivity index (χ1n) is 9.13. The normalized spacial score (nSPS) is 13.7. The molecule has 0 unspecified atom stereocenters. The number of hydrogen-bond donors (Lipinski definition) is 4. The summed E-state index contributed by atoms with van der Waals surface area (Å²) in [4.78, 5) is 29.5. The van der Waals surface area contributed by atoms with Gasteiger partial charge in [0.1, 0.15) is 23.2 Å². The number of carboxylic acid groups (broad SMARTS) is 1. The quantitative estimate of drug-likeness (QED) is 0.465. The summed E-state index contributed by atoms with van der Waals surface area (Å²) in [6.07, 6.45) is 1.48. The molecular weight excluding hydrogens is 379 g/mol. The highest BCUT2D eigenvalue weighted by Crippen LogP contribution is 2.34. The van der Waals surface area contributed by atoms with Gasteiger partial charge in [0.2, 0.25) is 5.91 Å². The highest BCUT2D eigenvalue weighted by molar-refractivity contribution is 6.41. The Morgan fingerprint density at radius 2 is 1.97 bits per heavy atom. The van der Waals surface area contributed by atoms with Crippen molar-refractivity contribution in [2.75, 3.05) is 13.1 Å². The average molecular weight is 400 g/mol. The van der Waals surface area contributed by atoms with Crippen molar-refractivity contribution in [1.82, 2.24) is 9.88 Å². The zero-order valence-electron chi connectivity index (χ0n) is 15.6. The Bertz CT molecular complexity index is 886. The van der Waals surface area contributed by atoms with E-state index in [1.807, 2.05) is 6.07 Å². The second-order valence-corrected chi connectivity index (χ2v) is 6.81. The molecule has 1 aliphatic rings. The van der Waals surface area contributed by atoms with E-state index in [1.165, 1.54) is 12.1 Å². The highest BCUT2D eigenvalue weighted by atomic mass is 16.5. The molecule has 2 aromatic rings. The van der Waals surface area contributed by atoms with Crippen LogP contribution in [0.1, 0.15) is 21.6 Å². The van der Waals surface area contributed by atoms with Crippen LogP contribution in [0.2, 0.25) is 6.32 Å². The summed E-state index contributed by atoms with van der Waals surface area (Å²) >= 11 is 0. The van der Waals surface area contributed by atoms with Crippen LogP contribution in [0.3, 0.4) is 0 Å². The maximum Gasteiger partial charge on any atom is 0.451 e. The lowest BCUT2D eigenvalue weighted by Gasteiger charge is -2.39. The van der Waals surface area contributed by atoms with Crippen LogP contribution in [0.4, 0.5) is 0 Å². The van der Waals surface area contributed by atoms with E-state index < -0.39 is 18.8 Å². The van der Waals surface area contributed by atoms with Crippen LogP contribution in [-0.2, 0) is 17.6 Å². The number of amides is 1. The first-order chi connectivity index (χ1) is 13.8. The van der Waals surface area contributed by atoms with Gasteiger partial charge in [0.05, 0.1) is 19.5 Å². The molecule has 2 heterocycles. The number of rotatable bonds is 8. The molecule has 0 atom stereocenters. The van der Waals surface area contributed by atoms with Crippen molar-refractivity contribution < 1.29 is 34.6 Å². The fraction of sp³-hybridized carbons (Fsp3) is 0.316. The first-order valence-corrected chi connectivity index (χ1v) is 9.13. The summed E-state index contributed by atoms with van der Waals surface area (Å²) in [7, 11) is -1.55. The third-order valence-electron chi connectivity index (χ3n) is 4.66. The van der Waals surface area contributed by atoms with Crippen LogP contribution in [0.25, 0.3) is 0 Å². The number of benzene rings is 1. The Balaban J connectivity index is 1.61. The van der Waals surface area contributed by atoms with E-state index >= 15 is 0 Å². The molecule has 4 N–H and O–H groups in total. The highest BCUT2D eigenvalue weighted by Gasteiger charge is 2.33. The molecule has 10 heteroatoms. The van der Waals surface area contributed by atoms with Crippen LogP contribution in [0, 0.1) is 0 Å². The standard InChI is InChI=1S/C19H21BN2O7/c23-16(9-13-3-1-2-8-21-13)22-10-14(11-22)29-15-5-4-12(6-7-20(27)28)18(24)17(15)19(25)26/h1-5,8,14,24,27-28H,6-7,9-11H2,(H,25,26). The van der Waals surface area contributed by atoms with Gasteiger partial charge in [-0.25, -0.2) is 4.79 Å². The van der Waals surface area contributed by atoms with Crippen LogP contribution < -0.4 is 4.74 Å². The van der Waals surface area contributed by atoms with Crippen molar-refractivity contribution in [2.24, 2.45) is 0 Å². The number of aromatic hydroxyl groups is 1. The molecule has 0 radical (unpaired) electrons. The fourth-order valence-corrected chi connectivity index (χ4v) is 3.07. The molecule has 1 aliphatic heterocycles. The van der Waals surface area contributed by atoms with E-state index in [0.717, 1.165) is 0 Å². The van der Waals surface area contributed by atoms with E-state index in [-0.39, 0.29) is 48.0 Å². The lowest BCUT2D eigenvalue weighted by Crippen LogP contribution is -2.56. The molecule has 0 bridgehead atoms. The summed E-state index contributed by atoms with van der Waals surface area (Å²) < 4.78 is 5.69. The topological polar surface area (TPSA) is 140 Å². The van der Waals surface area contributed by atoms with E-state index in [2.05, 4.69) is 4.98 Å². The van der Waals surface area contributed by atoms with E-state index in [1.54, 1.807) is 23.2 Å². The van der Waals surface area contributed by atoms with Crippen molar-refractivity contribution in [3.05, 3.63) is 53.3 Å². The average Bonchev–Trinajstić information content (AvgIpc) is 2.63. The second-order valence-electron chi connectivity index (χ2n) is 6.81. The maximum absolute atomic E-state index is 12.2. The third-order valence-corrected chi connectivity index (χ3v) is 4.66. The van der Waals surface area contributed by atoms with Gasteiger partial charge in [0.25, 0.3) is 0 Å². The third kappa shape index (κ3) is 5.04. The molecule has 29 heavy (non-hydrogen) atoms. The number of aromatic nitrogens is 1. The summed E-state index contributed by atoms with van der Waals surface area (Å²) in [6, 6.07) is 8.27. The predicted molar refractivity (Wildman–Crippen MR) is 103 cm³/mol. The Kier molecular flexibility index (Phi) is 6.35. The van der Waals surface area contributed by atoms with Crippen molar-refractivity contribution in [3.8, 4) is 11.5 Å². The van der Waals surface area contributed by atoms with Gasteiger partial charge in [-0.15, -0.1) is 0 Å². The monoisotopic (exact) mass is 400 g/mol. The summed E-state index contributed by atoms with van der Waals surface area (Å²) in [5.74, 6) is -1.91. The number of phenols is 1. The van der Waals surface area contributed by atoms with Crippen molar-refractivity contribution in [3.63, 3.8) is 0 Å². The number of ether oxygens (including phenoxy) is 1. The number of aromatic carboxylic acids is 1. The summed E-state index contributed by atoms with van der Waals surface area (Å²) in [5.41, 5.74) is 0.570. The zero-order valence-corrected chi connectivity index (χ0v) is 15.6. The minimum atomic E-state index is -1.55. The Labute approximate surface area is 167 Å². The number of carbonyl (C=O) groups excluding carboxylic acids is 1. The lowest BCUT2D eigenvalue weighted by molar-refractivity contribution is -0.139. The van der Waals surface area contributed by atoms with Gasteiger partial charge in [-0.3, -0.25) is 9.78 Å². The van der Waals surface area contributed by atoms with Crippen LogP contribution >= 0.6 is 0 Å². The molecule has 3 rings (SSSR count). The maximum atomic E-state index is 12.2. The molecule has 0 spiro atoms. The first kappa shape index (κ1) is 20.6. The molecule has 0 aliphatic carbocycles. The lowest BCUT2D eigenvalue weighted by atomic mass is 9.82. The summed E-state index contributed by atoms with van der Waals surface area (Å²) in [6.45, 7) is 0.619. The van der Waals surface area contributed by atoms with Crippen LogP contribution in [0.15, 0.2) is 36.5 Å². The molecule has 1 amide bonds. The van der Waals surface area contributed by atoms with E-state index in [9.17, 15) is 19.8 Å². The largest absolute Gasteiger partial charge is 0.507 e.